The Kier molecular flexibility index (Phi) is 5.52. The fourth-order valence-corrected chi connectivity index (χ4v) is 4.57. The second-order valence-electron chi connectivity index (χ2n) is 7.99. The highest BCUT2D eigenvalue weighted by Crippen LogP contribution is 2.42. The molecule has 2 aliphatic rings. The molecule has 1 aliphatic heterocycles. The molecule has 0 unspecified atom stereocenters. The molecule has 1 N–H and O–H groups in total. The van der Waals surface area contributed by atoms with Gasteiger partial charge in [-0.1, -0.05) is 24.6 Å². The number of benzene rings is 2. The molecule has 0 bridgehead atoms. The number of carbonyl (C=O) groups excluding carboxylic acids is 3. The van der Waals surface area contributed by atoms with Crippen LogP contribution in [0.5, 0.6) is 5.75 Å². The number of hydrogen-bond donors (Lipinski definition) is 1. The van der Waals surface area contributed by atoms with Crippen LogP contribution in [-0.2, 0) is 9.59 Å². The van der Waals surface area contributed by atoms with Gasteiger partial charge >= 0.3 is 0 Å². The van der Waals surface area contributed by atoms with Gasteiger partial charge < -0.3 is 10.1 Å². The molecule has 0 radical (unpaired) electrons. The third-order valence-electron chi connectivity index (χ3n) is 5.96. The zero-order chi connectivity index (χ0) is 21.4. The van der Waals surface area contributed by atoms with Gasteiger partial charge in [0.1, 0.15) is 5.75 Å². The first-order chi connectivity index (χ1) is 14.4. The van der Waals surface area contributed by atoms with E-state index < -0.39 is 0 Å². The van der Waals surface area contributed by atoms with Gasteiger partial charge in [-0.25, -0.2) is 0 Å². The van der Waals surface area contributed by atoms with E-state index in [0.717, 1.165) is 19.3 Å². The summed E-state index contributed by atoms with van der Waals surface area (Å²) in [5, 5.41) is 3.24. The largest absolute Gasteiger partial charge is 0.495 e. The average molecular weight is 427 g/mol. The highest BCUT2D eigenvalue weighted by molar-refractivity contribution is 6.31. The molecule has 2 fully saturated rings. The Labute approximate surface area is 180 Å². The second kappa shape index (κ2) is 8.11. The third kappa shape index (κ3) is 3.67. The van der Waals surface area contributed by atoms with Crippen LogP contribution in [0, 0.1) is 17.8 Å². The van der Waals surface area contributed by atoms with Gasteiger partial charge in [0.15, 0.2) is 0 Å². The predicted octanol–water partition coefficient (Wildman–Crippen LogP) is 4.53. The van der Waals surface area contributed by atoms with Crippen LogP contribution in [0.4, 0.5) is 11.4 Å². The second-order valence-corrected chi connectivity index (χ2v) is 8.43. The minimum atomic E-state index is -0.387. The summed E-state index contributed by atoms with van der Waals surface area (Å²) < 4.78 is 5.26. The molecule has 2 aromatic rings. The van der Waals surface area contributed by atoms with E-state index in [0.29, 0.717) is 33.6 Å². The molecule has 30 heavy (non-hydrogen) atoms. The van der Waals surface area contributed by atoms with Crippen LogP contribution < -0.4 is 15.0 Å². The van der Waals surface area contributed by atoms with Gasteiger partial charge in [-0.15, -0.1) is 0 Å². The lowest BCUT2D eigenvalue weighted by Gasteiger charge is -2.25. The Bertz CT molecular complexity index is 1020. The molecule has 6 nitrogen and oxygen atoms in total. The van der Waals surface area contributed by atoms with Crippen molar-refractivity contribution in [3.63, 3.8) is 0 Å². The smallest absolute Gasteiger partial charge is 0.255 e. The molecular weight excluding hydrogens is 404 g/mol. The van der Waals surface area contributed by atoms with Crippen molar-refractivity contribution in [2.24, 2.45) is 17.8 Å². The van der Waals surface area contributed by atoms with Gasteiger partial charge in [0, 0.05) is 10.6 Å². The van der Waals surface area contributed by atoms with Crippen LogP contribution >= 0.6 is 11.6 Å². The summed E-state index contributed by atoms with van der Waals surface area (Å²) in [6.07, 6.45) is 2.43. The molecule has 7 heteroatoms. The lowest BCUT2D eigenvalue weighted by atomic mass is 9.76. The van der Waals surface area contributed by atoms with Gasteiger partial charge in [-0.05, 0) is 61.6 Å². The number of fused-ring (bicyclic) bond motifs is 1. The molecule has 3 atom stereocenters. The monoisotopic (exact) mass is 426 g/mol. The summed E-state index contributed by atoms with van der Waals surface area (Å²) in [5.41, 5.74) is 1.20. The molecule has 3 amide bonds. The fraction of sp³-hybridized carbons (Fsp3) is 0.348. The number of halogens is 1. The Balaban J connectivity index is 1.59. The van der Waals surface area contributed by atoms with Crippen molar-refractivity contribution in [2.45, 2.75) is 26.2 Å². The van der Waals surface area contributed by atoms with Gasteiger partial charge in [0.2, 0.25) is 11.8 Å². The third-order valence-corrected chi connectivity index (χ3v) is 6.20. The van der Waals surface area contributed by atoms with Crippen LogP contribution in [-0.4, -0.2) is 24.8 Å². The number of amides is 3. The Hall–Kier alpha value is -2.86. The quantitative estimate of drug-likeness (QED) is 0.729. The molecule has 1 saturated heterocycles. The first kappa shape index (κ1) is 20.4. The number of methoxy groups -OCH3 is 1. The minimum Gasteiger partial charge on any atom is -0.495 e. The van der Waals surface area contributed by atoms with E-state index in [-0.39, 0.29) is 29.6 Å². The average Bonchev–Trinajstić information content (AvgIpc) is 2.98. The lowest BCUT2D eigenvalue weighted by molar-refractivity contribution is -0.122. The SMILES string of the molecule is COc1ccc(Cl)cc1NC(=O)c1cccc(N2C(=O)[C@@H]3CC[C@@H](C)C[C@H]3C2=O)c1. The van der Waals surface area contributed by atoms with Crippen LogP contribution in [0.25, 0.3) is 0 Å². The minimum absolute atomic E-state index is 0.161. The topological polar surface area (TPSA) is 75.7 Å². The Morgan fingerprint density at radius 2 is 1.87 bits per heavy atom. The van der Waals surface area contributed by atoms with Crippen molar-refractivity contribution in [3.05, 3.63) is 53.1 Å². The van der Waals surface area contributed by atoms with Crippen molar-refractivity contribution in [2.75, 3.05) is 17.3 Å². The molecule has 156 valence electrons. The summed E-state index contributed by atoms with van der Waals surface area (Å²) in [6.45, 7) is 2.12. The Morgan fingerprint density at radius 1 is 1.10 bits per heavy atom. The predicted molar refractivity (Wildman–Crippen MR) is 115 cm³/mol. The van der Waals surface area contributed by atoms with Crippen molar-refractivity contribution in [1.29, 1.82) is 0 Å². The number of hydrogen-bond acceptors (Lipinski definition) is 4. The fourth-order valence-electron chi connectivity index (χ4n) is 4.40. The zero-order valence-corrected chi connectivity index (χ0v) is 17.6. The highest BCUT2D eigenvalue weighted by Gasteiger charge is 2.50. The molecule has 1 saturated carbocycles. The standard InChI is InChI=1S/C23H23ClN2O4/c1-13-6-8-17-18(10-13)23(29)26(22(17)28)16-5-3-4-14(11-16)21(27)25-19-12-15(24)7-9-20(19)30-2/h3-5,7,9,11-13,17-18H,6,8,10H2,1-2H3,(H,25,27)/t13-,17-,18-/m1/s1. The summed E-state index contributed by atoms with van der Waals surface area (Å²) in [5.74, 6) is -0.296. The van der Waals surface area contributed by atoms with E-state index in [1.165, 1.54) is 12.0 Å². The van der Waals surface area contributed by atoms with E-state index in [1.807, 2.05) is 0 Å². The van der Waals surface area contributed by atoms with E-state index in [9.17, 15) is 14.4 Å². The number of imide groups is 1. The van der Waals surface area contributed by atoms with Crippen LogP contribution in [0.3, 0.4) is 0 Å². The van der Waals surface area contributed by atoms with Gasteiger partial charge in [0.05, 0.1) is 30.3 Å². The molecule has 1 heterocycles. The van der Waals surface area contributed by atoms with E-state index >= 15 is 0 Å². The summed E-state index contributed by atoms with van der Waals surface area (Å²) in [6, 6.07) is 11.5. The number of anilines is 2. The summed E-state index contributed by atoms with van der Waals surface area (Å²) >= 11 is 6.03. The van der Waals surface area contributed by atoms with Crippen molar-refractivity contribution in [1.82, 2.24) is 0 Å². The molecular formula is C23H23ClN2O4. The summed E-state index contributed by atoms with van der Waals surface area (Å²) in [7, 11) is 1.50. The summed E-state index contributed by atoms with van der Waals surface area (Å²) in [4.78, 5) is 40.0. The van der Waals surface area contributed by atoms with Gasteiger partial charge in [0.25, 0.3) is 5.91 Å². The zero-order valence-electron chi connectivity index (χ0n) is 16.9. The number of ether oxygens (including phenoxy) is 1. The van der Waals surface area contributed by atoms with Crippen molar-refractivity contribution >= 4 is 40.7 Å². The maximum absolute atomic E-state index is 13.0. The molecule has 0 spiro atoms. The van der Waals surface area contributed by atoms with Crippen LogP contribution in [0.2, 0.25) is 5.02 Å². The van der Waals surface area contributed by atoms with E-state index in [1.54, 1.807) is 42.5 Å². The first-order valence-electron chi connectivity index (χ1n) is 10.0. The number of nitrogens with zero attached hydrogens (tertiary/aromatic N) is 1. The van der Waals surface area contributed by atoms with Crippen molar-refractivity contribution < 1.29 is 19.1 Å². The number of carbonyl (C=O) groups is 3. The lowest BCUT2D eigenvalue weighted by Crippen LogP contribution is -2.31. The van der Waals surface area contributed by atoms with Crippen LogP contribution in [0.15, 0.2) is 42.5 Å². The normalized spacial score (nSPS) is 23.3. The first-order valence-corrected chi connectivity index (χ1v) is 10.4. The van der Waals surface area contributed by atoms with Crippen molar-refractivity contribution in [3.8, 4) is 5.75 Å². The maximum Gasteiger partial charge on any atom is 0.255 e. The van der Waals surface area contributed by atoms with Gasteiger partial charge in [-0.3, -0.25) is 19.3 Å². The number of nitrogens with one attached hydrogen (secondary N) is 1. The molecule has 0 aromatic heterocycles. The van der Waals surface area contributed by atoms with Gasteiger partial charge in [-0.2, -0.15) is 0 Å². The maximum atomic E-state index is 13.0. The molecule has 4 rings (SSSR count). The molecule has 2 aromatic carbocycles. The molecule has 1 aliphatic carbocycles. The van der Waals surface area contributed by atoms with E-state index in [4.69, 9.17) is 16.3 Å². The highest BCUT2D eigenvalue weighted by atomic mass is 35.5. The van der Waals surface area contributed by atoms with E-state index in [2.05, 4.69) is 12.2 Å². The van der Waals surface area contributed by atoms with Crippen LogP contribution in [0.1, 0.15) is 36.5 Å². The number of rotatable bonds is 4. The Morgan fingerprint density at radius 3 is 2.63 bits per heavy atom.